The van der Waals surface area contributed by atoms with Crippen molar-refractivity contribution in [2.24, 2.45) is 0 Å². The molecular formula is C21H26N4O3. The van der Waals surface area contributed by atoms with Crippen molar-refractivity contribution in [1.29, 1.82) is 0 Å². The van der Waals surface area contributed by atoms with Crippen LogP contribution in [-0.2, 0) is 16.9 Å². The number of rotatable bonds is 4. The number of aliphatic hydroxyl groups is 1. The zero-order chi connectivity index (χ0) is 19.7. The summed E-state index contributed by atoms with van der Waals surface area (Å²) in [7, 11) is 3.76. The molecule has 2 atom stereocenters. The zero-order valence-corrected chi connectivity index (χ0v) is 16.3. The molecule has 7 nitrogen and oxygen atoms in total. The Hall–Kier alpha value is -2.67. The van der Waals surface area contributed by atoms with Gasteiger partial charge in [0.25, 0.3) is 0 Å². The SMILES string of the molecule is CN(C)c1ncc(C2(O)CC3CCC(C2)N3C(=O)OCc2ccccc2)cn1. The number of carbonyl (C=O) groups is 1. The Balaban J connectivity index is 1.44. The van der Waals surface area contributed by atoms with Gasteiger partial charge in [0.2, 0.25) is 5.95 Å². The maximum absolute atomic E-state index is 12.7. The predicted octanol–water partition coefficient (Wildman–Crippen LogP) is 2.69. The minimum absolute atomic E-state index is 0.0273. The number of anilines is 1. The number of aromatic nitrogens is 2. The molecule has 0 aliphatic carbocycles. The minimum atomic E-state index is -1.01. The lowest BCUT2D eigenvalue weighted by atomic mass is 9.82. The predicted molar refractivity (Wildman–Crippen MR) is 105 cm³/mol. The van der Waals surface area contributed by atoms with Gasteiger partial charge in [-0.15, -0.1) is 0 Å². The maximum atomic E-state index is 12.7. The van der Waals surface area contributed by atoms with Crippen molar-refractivity contribution in [3.63, 3.8) is 0 Å². The number of carbonyl (C=O) groups excluding carboxylic acids is 1. The van der Waals surface area contributed by atoms with Crippen LogP contribution in [0.15, 0.2) is 42.7 Å². The average molecular weight is 382 g/mol. The van der Waals surface area contributed by atoms with Crippen molar-refractivity contribution >= 4 is 12.0 Å². The maximum Gasteiger partial charge on any atom is 0.410 e. The van der Waals surface area contributed by atoms with Gasteiger partial charge in [-0.25, -0.2) is 14.8 Å². The molecule has 0 saturated carbocycles. The summed E-state index contributed by atoms with van der Waals surface area (Å²) in [5, 5.41) is 11.3. The number of piperidine rings is 1. The second kappa shape index (κ2) is 7.39. The summed E-state index contributed by atoms with van der Waals surface area (Å²) >= 11 is 0. The summed E-state index contributed by atoms with van der Waals surface area (Å²) in [5.41, 5.74) is 0.675. The molecular weight excluding hydrogens is 356 g/mol. The highest BCUT2D eigenvalue weighted by Crippen LogP contribution is 2.45. The van der Waals surface area contributed by atoms with Gasteiger partial charge in [-0.05, 0) is 18.4 Å². The second-order valence-corrected chi connectivity index (χ2v) is 7.94. The number of hydrogen-bond donors (Lipinski definition) is 1. The van der Waals surface area contributed by atoms with E-state index in [4.69, 9.17) is 4.74 Å². The molecule has 7 heteroatoms. The van der Waals surface area contributed by atoms with Gasteiger partial charge >= 0.3 is 6.09 Å². The molecule has 3 heterocycles. The molecule has 1 N–H and O–H groups in total. The average Bonchev–Trinajstić information content (AvgIpc) is 2.99. The molecule has 1 aromatic carbocycles. The lowest BCUT2D eigenvalue weighted by Crippen LogP contribution is -2.52. The molecule has 2 bridgehead atoms. The van der Waals surface area contributed by atoms with Crippen LogP contribution in [0, 0.1) is 0 Å². The molecule has 4 rings (SSSR count). The highest BCUT2D eigenvalue weighted by atomic mass is 16.6. The van der Waals surface area contributed by atoms with Crippen molar-refractivity contribution in [3.05, 3.63) is 53.9 Å². The van der Waals surface area contributed by atoms with E-state index in [0.29, 0.717) is 24.4 Å². The Morgan fingerprint density at radius 3 is 2.36 bits per heavy atom. The quantitative estimate of drug-likeness (QED) is 0.876. The summed E-state index contributed by atoms with van der Waals surface area (Å²) in [6.07, 6.45) is 5.82. The summed E-state index contributed by atoms with van der Waals surface area (Å²) in [4.78, 5) is 25.0. The number of nitrogens with zero attached hydrogens (tertiary/aromatic N) is 4. The first-order chi connectivity index (χ1) is 13.5. The highest BCUT2D eigenvalue weighted by molar-refractivity contribution is 5.69. The van der Waals surface area contributed by atoms with E-state index < -0.39 is 5.60 Å². The van der Waals surface area contributed by atoms with Crippen LogP contribution in [-0.4, -0.2) is 52.2 Å². The Morgan fingerprint density at radius 2 is 1.79 bits per heavy atom. The number of fused-ring (bicyclic) bond motifs is 2. The summed E-state index contributed by atoms with van der Waals surface area (Å²) < 4.78 is 5.54. The van der Waals surface area contributed by atoms with Gasteiger partial charge in [0.05, 0.1) is 5.60 Å². The first-order valence-corrected chi connectivity index (χ1v) is 9.67. The van der Waals surface area contributed by atoms with Gasteiger partial charge < -0.3 is 19.6 Å². The van der Waals surface area contributed by atoms with Crippen LogP contribution in [0.25, 0.3) is 0 Å². The van der Waals surface area contributed by atoms with Gasteiger partial charge in [-0.1, -0.05) is 30.3 Å². The largest absolute Gasteiger partial charge is 0.445 e. The van der Waals surface area contributed by atoms with E-state index in [-0.39, 0.29) is 24.8 Å². The van der Waals surface area contributed by atoms with Crippen molar-refractivity contribution in [2.45, 2.75) is 50.0 Å². The van der Waals surface area contributed by atoms with Gasteiger partial charge in [0.15, 0.2) is 0 Å². The third-order valence-electron chi connectivity index (χ3n) is 5.76. The molecule has 0 radical (unpaired) electrons. The lowest BCUT2D eigenvalue weighted by molar-refractivity contribution is -0.0540. The molecule has 2 unspecified atom stereocenters. The monoisotopic (exact) mass is 382 g/mol. The Morgan fingerprint density at radius 1 is 1.18 bits per heavy atom. The molecule has 1 amide bonds. The topological polar surface area (TPSA) is 78.8 Å². The molecule has 2 aliphatic heterocycles. The molecule has 148 valence electrons. The van der Waals surface area contributed by atoms with E-state index in [1.165, 1.54) is 0 Å². The number of ether oxygens (including phenoxy) is 1. The number of hydrogen-bond acceptors (Lipinski definition) is 6. The fourth-order valence-corrected chi connectivity index (χ4v) is 4.34. The first-order valence-electron chi connectivity index (χ1n) is 9.67. The van der Waals surface area contributed by atoms with Gasteiger partial charge in [-0.3, -0.25) is 0 Å². The van der Waals surface area contributed by atoms with Crippen LogP contribution >= 0.6 is 0 Å². The van der Waals surface area contributed by atoms with Crippen LogP contribution < -0.4 is 4.90 Å². The summed E-state index contributed by atoms with van der Waals surface area (Å²) in [6, 6.07) is 9.62. The standard InChI is InChI=1S/C21H26N4O3/c1-24(2)19-22-12-16(13-23-19)21(27)10-17-8-9-18(11-21)25(17)20(26)28-14-15-6-4-3-5-7-15/h3-7,12-13,17-18,27H,8-11,14H2,1-2H3. The molecule has 2 aliphatic rings. The van der Waals surface area contributed by atoms with Crippen molar-refractivity contribution in [2.75, 3.05) is 19.0 Å². The van der Waals surface area contributed by atoms with E-state index in [1.54, 1.807) is 12.4 Å². The van der Waals surface area contributed by atoms with Crippen LogP contribution in [0.3, 0.4) is 0 Å². The van der Waals surface area contributed by atoms with Crippen molar-refractivity contribution in [1.82, 2.24) is 14.9 Å². The zero-order valence-electron chi connectivity index (χ0n) is 16.3. The summed E-state index contributed by atoms with van der Waals surface area (Å²) in [6.45, 7) is 0.264. The molecule has 2 aromatic rings. The third kappa shape index (κ3) is 3.54. The first kappa shape index (κ1) is 18.7. The van der Waals surface area contributed by atoms with Crippen LogP contribution in [0.4, 0.5) is 10.7 Å². The molecule has 28 heavy (non-hydrogen) atoms. The molecule has 1 aromatic heterocycles. The summed E-state index contributed by atoms with van der Waals surface area (Å²) in [5.74, 6) is 0.609. The fourth-order valence-electron chi connectivity index (χ4n) is 4.34. The second-order valence-electron chi connectivity index (χ2n) is 7.94. The van der Waals surface area contributed by atoms with Crippen molar-refractivity contribution < 1.29 is 14.6 Å². The third-order valence-corrected chi connectivity index (χ3v) is 5.76. The van der Waals surface area contributed by atoms with E-state index in [1.807, 2.05) is 54.2 Å². The van der Waals surface area contributed by atoms with Crippen LogP contribution in [0.1, 0.15) is 36.8 Å². The number of amides is 1. The highest BCUT2D eigenvalue weighted by Gasteiger charge is 2.50. The van der Waals surface area contributed by atoms with Gasteiger partial charge in [0, 0.05) is 57.0 Å². The van der Waals surface area contributed by atoms with Crippen molar-refractivity contribution in [3.8, 4) is 0 Å². The Bertz CT molecular complexity index is 811. The van der Waals surface area contributed by atoms with E-state index in [0.717, 1.165) is 18.4 Å². The van der Waals surface area contributed by atoms with E-state index in [9.17, 15) is 9.90 Å². The van der Waals surface area contributed by atoms with E-state index >= 15 is 0 Å². The number of benzene rings is 1. The smallest absolute Gasteiger partial charge is 0.410 e. The Labute approximate surface area is 165 Å². The fraction of sp³-hybridized carbons (Fsp3) is 0.476. The normalized spacial score (nSPS) is 26.2. The molecule has 2 saturated heterocycles. The molecule has 0 spiro atoms. The van der Waals surface area contributed by atoms with Gasteiger partial charge in [-0.2, -0.15) is 0 Å². The van der Waals surface area contributed by atoms with Crippen LogP contribution in [0.2, 0.25) is 0 Å². The Kier molecular flexibility index (Phi) is 4.93. The molecule has 2 fully saturated rings. The van der Waals surface area contributed by atoms with E-state index in [2.05, 4.69) is 9.97 Å². The van der Waals surface area contributed by atoms with Gasteiger partial charge in [0.1, 0.15) is 6.61 Å². The minimum Gasteiger partial charge on any atom is -0.445 e. The van der Waals surface area contributed by atoms with Crippen LogP contribution in [0.5, 0.6) is 0 Å². The lowest BCUT2D eigenvalue weighted by Gasteiger charge is -2.43.